The molecule has 10 heteroatoms. The summed E-state index contributed by atoms with van der Waals surface area (Å²) >= 11 is 1.40. The van der Waals surface area contributed by atoms with Gasteiger partial charge in [0.1, 0.15) is 5.70 Å². The van der Waals surface area contributed by atoms with Gasteiger partial charge in [-0.05, 0) is 72.5 Å². The third kappa shape index (κ3) is 7.77. The van der Waals surface area contributed by atoms with Crippen molar-refractivity contribution < 1.29 is 23.9 Å². The van der Waals surface area contributed by atoms with Crippen LogP contribution in [0.15, 0.2) is 114 Å². The second-order valence-corrected chi connectivity index (χ2v) is 11.5. The van der Waals surface area contributed by atoms with E-state index in [4.69, 9.17) is 9.47 Å². The maximum absolute atomic E-state index is 13.7. The Balaban J connectivity index is 1.34. The molecule has 1 heterocycles. The highest BCUT2D eigenvalue weighted by molar-refractivity contribution is 8.00. The highest BCUT2D eigenvalue weighted by atomic mass is 32.2. The van der Waals surface area contributed by atoms with E-state index in [2.05, 4.69) is 20.9 Å². The summed E-state index contributed by atoms with van der Waals surface area (Å²) in [6.07, 6.45) is 4.00. The number of hydrogen-bond donors (Lipinski definition) is 4. The van der Waals surface area contributed by atoms with Crippen LogP contribution in [0, 0.1) is 0 Å². The van der Waals surface area contributed by atoms with Crippen LogP contribution in [0.5, 0.6) is 11.5 Å². The molecule has 0 saturated heterocycles. The lowest BCUT2D eigenvalue weighted by Crippen LogP contribution is -2.30. The van der Waals surface area contributed by atoms with Gasteiger partial charge in [0, 0.05) is 39.1 Å². The van der Waals surface area contributed by atoms with Gasteiger partial charge in [0.15, 0.2) is 11.5 Å². The number of para-hydroxylation sites is 1. The number of anilines is 2. The molecule has 0 spiro atoms. The second-order valence-electron chi connectivity index (χ2n) is 10.2. The maximum atomic E-state index is 13.7. The number of aromatic nitrogens is 1. The molecule has 0 aliphatic carbocycles. The summed E-state index contributed by atoms with van der Waals surface area (Å²) in [6, 6.07) is 28.8. The standard InChI is InChI=1S/C36H34N4O5S/c1-4-32(36(43)39-27-17-16-23-18-19-37-29(23)22-27)46-28-14-9-13-26(21-28)38-35(42)30(40-34(41)24-10-6-5-7-11-24)20-25-12-8-15-31(44-2)33(25)45-3/h5-22,32,37H,4H2,1-3H3,(H,38,42)(H,39,43)(H,40,41)/b30-20+. The summed E-state index contributed by atoms with van der Waals surface area (Å²) in [5.74, 6) is -0.205. The monoisotopic (exact) mass is 634 g/mol. The van der Waals surface area contributed by atoms with Crippen LogP contribution in [-0.2, 0) is 9.59 Å². The van der Waals surface area contributed by atoms with Crippen LogP contribution in [0.4, 0.5) is 11.4 Å². The largest absolute Gasteiger partial charge is 0.493 e. The number of methoxy groups -OCH3 is 2. The van der Waals surface area contributed by atoms with Crippen molar-refractivity contribution in [3.8, 4) is 11.5 Å². The molecule has 0 aliphatic rings. The zero-order chi connectivity index (χ0) is 32.5. The van der Waals surface area contributed by atoms with Gasteiger partial charge < -0.3 is 30.4 Å². The molecule has 234 valence electrons. The van der Waals surface area contributed by atoms with E-state index in [1.165, 1.54) is 32.1 Å². The van der Waals surface area contributed by atoms with Crippen LogP contribution >= 0.6 is 11.8 Å². The Kier molecular flexibility index (Phi) is 10.4. The lowest BCUT2D eigenvalue weighted by Gasteiger charge is -2.16. The van der Waals surface area contributed by atoms with Crippen molar-refractivity contribution >= 4 is 57.8 Å². The van der Waals surface area contributed by atoms with Gasteiger partial charge in [-0.1, -0.05) is 49.4 Å². The summed E-state index contributed by atoms with van der Waals surface area (Å²) < 4.78 is 10.9. The summed E-state index contributed by atoms with van der Waals surface area (Å²) in [6.45, 7) is 1.95. The number of H-pyrrole nitrogens is 1. The Hall–Kier alpha value is -5.48. The zero-order valence-electron chi connectivity index (χ0n) is 25.6. The van der Waals surface area contributed by atoms with E-state index < -0.39 is 11.8 Å². The third-order valence-corrected chi connectivity index (χ3v) is 8.48. The van der Waals surface area contributed by atoms with Crippen LogP contribution in [0.1, 0.15) is 29.3 Å². The van der Waals surface area contributed by atoms with Crippen molar-refractivity contribution in [1.82, 2.24) is 10.3 Å². The summed E-state index contributed by atoms with van der Waals surface area (Å²) in [7, 11) is 3.03. The van der Waals surface area contributed by atoms with Gasteiger partial charge in [-0.2, -0.15) is 0 Å². The van der Waals surface area contributed by atoms with E-state index in [9.17, 15) is 14.4 Å². The van der Waals surface area contributed by atoms with E-state index in [0.29, 0.717) is 40.4 Å². The van der Waals surface area contributed by atoms with Gasteiger partial charge >= 0.3 is 0 Å². The number of benzene rings is 4. The molecule has 0 bridgehead atoms. The maximum Gasteiger partial charge on any atom is 0.272 e. The third-order valence-electron chi connectivity index (χ3n) is 7.12. The summed E-state index contributed by atoms with van der Waals surface area (Å²) in [4.78, 5) is 43.9. The molecule has 5 aromatic rings. The average Bonchev–Trinajstić information content (AvgIpc) is 3.55. The van der Waals surface area contributed by atoms with Crippen LogP contribution in [0.2, 0.25) is 0 Å². The number of carbonyl (C=O) groups is 3. The first-order chi connectivity index (χ1) is 22.4. The SMILES string of the molecule is CCC(Sc1cccc(NC(=O)/C(=C\c2cccc(OC)c2OC)NC(=O)c2ccccc2)c1)C(=O)Nc1ccc2cc[nH]c2c1. The highest BCUT2D eigenvalue weighted by Gasteiger charge is 2.20. The molecular formula is C36H34N4O5S. The van der Waals surface area contributed by atoms with Crippen molar-refractivity contribution in [2.45, 2.75) is 23.5 Å². The van der Waals surface area contributed by atoms with Gasteiger partial charge in [0.2, 0.25) is 5.91 Å². The predicted octanol–water partition coefficient (Wildman–Crippen LogP) is 7.10. The molecule has 0 fully saturated rings. The van der Waals surface area contributed by atoms with Crippen LogP contribution in [-0.4, -0.2) is 42.2 Å². The van der Waals surface area contributed by atoms with E-state index in [0.717, 1.165) is 15.8 Å². The van der Waals surface area contributed by atoms with Crippen LogP contribution in [0.25, 0.3) is 17.0 Å². The van der Waals surface area contributed by atoms with Crippen molar-refractivity contribution in [2.24, 2.45) is 0 Å². The average molecular weight is 635 g/mol. The Morgan fingerprint density at radius 1 is 0.848 bits per heavy atom. The molecule has 0 saturated carbocycles. The number of carbonyl (C=O) groups excluding carboxylic acids is 3. The number of thioether (sulfide) groups is 1. The number of ether oxygens (including phenoxy) is 2. The minimum Gasteiger partial charge on any atom is -0.493 e. The molecule has 1 aromatic heterocycles. The van der Waals surface area contributed by atoms with Crippen molar-refractivity contribution in [3.05, 3.63) is 120 Å². The fourth-order valence-electron chi connectivity index (χ4n) is 4.80. The van der Waals surface area contributed by atoms with Crippen molar-refractivity contribution in [3.63, 3.8) is 0 Å². The molecule has 4 aromatic carbocycles. The molecule has 9 nitrogen and oxygen atoms in total. The van der Waals surface area contributed by atoms with Gasteiger partial charge in [-0.15, -0.1) is 11.8 Å². The molecule has 1 atom stereocenters. The van der Waals surface area contributed by atoms with E-state index in [1.54, 1.807) is 66.7 Å². The predicted molar refractivity (Wildman–Crippen MR) is 183 cm³/mol. The van der Waals surface area contributed by atoms with Gasteiger partial charge in [0.25, 0.3) is 11.8 Å². The van der Waals surface area contributed by atoms with Crippen molar-refractivity contribution in [1.29, 1.82) is 0 Å². The molecule has 0 aliphatic heterocycles. The normalized spacial score (nSPS) is 11.8. The highest BCUT2D eigenvalue weighted by Crippen LogP contribution is 2.33. The number of fused-ring (bicyclic) bond motifs is 1. The molecule has 1 unspecified atom stereocenters. The number of nitrogens with one attached hydrogen (secondary N) is 4. The first-order valence-electron chi connectivity index (χ1n) is 14.6. The molecule has 46 heavy (non-hydrogen) atoms. The van der Waals surface area contributed by atoms with Gasteiger partial charge in [0.05, 0.1) is 19.5 Å². The molecule has 3 amide bonds. The number of aromatic amines is 1. The fourth-order valence-corrected chi connectivity index (χ4v) is 5.82. The quantitative estimate of drug-likeness (QED) is 0.0858. The Morgan fingerprint density at radius 2 is 1.63 bits per heavy atom. The number of hydrogen-bond acceptors (Lipinski definition) is 6. The smallest absolute Gasteiger partial charge is 0.272 e. The summed E-state index contributed by atoms with van der Waals surface area (Å²) in [5, 5.41) is 9.35. The molecule has 5 rings (SSSR count). The Labute approximate surface area is 271 Å². The first kappa shape index (κ1) is 31.9. The van der Waals surface area contributed by atoms with Gasteiger partial charge in [-0.25, -0.2) is 0 Å². The van der Waals surface area contributed by atoms with E-state index in [-0.39, 0.29) is 16.9 Å². The topological polar surface area (TPSA) is 122 Å². The molecular weight excluding hydrogens is 600 g/mol. The van der Waals surface area contributed by atoms with Crippen molar-refractivity contribution in [2.75, 3.05) is 24.9 Å². The Bertz CT molecular complexity index is 1890. The minimum absolute atomic E-state index is 0.00307. The second kappa shape index (κ2) is 15.0. The summed E-state index contributed by atoms with van der Waals surface area (Å²) in [5.41, 5.74) is 3.10. The number of amides is 3. The number of rotatable bonds is 12. The fraction of sp³-hybridized carbons (Fsp3) is 0.139. The van der Waals surface area contributed by atoms with Gasteiger partial charge in [-0.3, -0.25) is 14.4 Å². The zero-order valence-corrected chi connectivity index (χ0v) is 26.4. The molecule has 0 radical (unpaired) electrons. The van der Waals surface area contributed by atoms with Crippen LogP contribution < -0.4 is 25.4 Å². The minimum atomic E-state index is -0.541. The lowest BCUT2D eigenvalue weighted by molar-refractivity contribution is -0.116. The van der Waals surface area contributed by atoms with Crippen LogP contribution in [0.3, 0.4) is 0 Å². The molecule has 4 N–H and O–H groups in total. The Morgan fingerprint density at radius 3 is 2.39 bits per heavy atom. The lowest BCUT2D eigenvalue weighted by atomic mass is 10.1. The first-order valence-corrected chi connectivity index (χ1v) is 15.5. The van der Waals surface area contributed by atoms with E-state index in [1.807, 2.05) is 43.5 Å². The van der Waals surface area contributed by atoms with E-state index >= 15 is 0 Å².